The van der Waals surface area contributed by atoms with E-state index in [0.717, 1.165) is 15.9 Å². The Morgan fingerprint density at radius 2 is 2.27 bits per heavy atom. The molecule has 0 spiro atoms. The molecule has 3 nitrogen and oxygen atoms in total. The number of ether oxygens (including phenoxy) is 1. The Morgan fingerprint density at radius 1 is 1.47 bits per heavy atom. The topological polar surface area (TPSA) is 29.9 Å². The van der Waals surface area contributed by atoms with Crippen molar-refractivity contribution >= 4 is 28.1 Å². The summed E-state index contributed by atoms with van der Waals surface area (Å²) in [6.45, 7) is 0. The fourth-order valence-corrected chi connectivity index (χ4v) is 1.94. The van der Waals surface area contributed by atoms with E-state index in [0.29, 0.717) is 4.77 Å². The maximum absolute atomic E-state index is 5.28. The molecule has 0 bridgehead atoms. The lowest BCUT2D eigenvalue weighted by Crippen LogP contribution is -1.96. The number of benzene rings is 1. The van der Waals surface area contributed by atoms with Crippen LogP contribution in [-0.2, 0) is 0 Å². The summed E-state index contributed by atoms with van der Waals surface area (Å²) in [5.41, 5.74) is 0.915. The molecule has 1 aromatic heterocycles. The van der Waals surface area contributed by atoms with Crippen molar-refractivity contribution in [1.82, 2.24) is 9.55 Å². The van der Waals surface area contributed by atoms with E-state index in [9.17, 15) is 0 Å². The van der Waals surface area contributed by atoms with E-state index >= 15 is 0 Å². The van der Waals surface area contributed by atoms with Crippen molar-refractivity contribution in [1.29, 1.82) is 0 Å². The quantitative estimate of drug-likeness (QED) is 0.858. The standard InChI is InChI=1S/C10H9BrN2OS/c1-14-9-3-2-7(11)6-8(9)13-5-4-12-10(13)15/h2-6H,1H3,(H,12,15). The third kappa shape index (κ3) is 1.98. The summed E-state index contributed by atoms with van der Waals surface area (Å²) < 4.78 is 8.77. The highest BCUT2D eigenvalue weighted by Gasteiger charge is 2.06. The second kappa shape index (κ2) is 4.20. The van der Waals surface area contributed by atoms with Crippen LogP contribution in [0.3, 0.4) is 0 Å². The van der Waals surface area contributed by atoms with Crippen molar-refractivity contribution in [2.75, 3.05) is 7.11 Å². The lowest BCUT2D eigenvalue weighted by atomic mass is 10.3. The lowest BCUT2D eigenvalue weighted by Gasteiger charge is -2.09. The Kier molecular flexibility index (Phi) is 2.93. The number of imidazole rings is 1. The highest BCUT2D eigenvalue weighted by molar-refractivity contribution is 9.10. The average molecular weight is 285 g/mol. The summed E-state index contributed by atoms with van der Waals surface area (Å²) in [6.07, 6.45) is 3.66. The Labute approximate surface area is 101 Å². The van der Waals surface area contributed by atoms with E-state index in [1.807, 2.05) is 29.0 Å². The van der Waals surface area contributed by atoms with Gasteiger partial charge in [0.2, 0.25) is 0 Å². The fraction of sp³-hybridized carbons (Fsp3) is 0.100. The molecule has 0 unspecified atom stereocenters. The number of nitrogens with zero attached hydrogens (tertiary/aromatic N) is 1. The highest BCUT2D eigenvalue weighted by Crippen LogP contribution is 2.26. The van der Waals surface area contributed by atoms with E-state index in [4.69, 9.17) is 17.0 Å². The van der Waals surface area contributed by atoms with Gasteiger partial charge < -0.3 is 9.72 Å². The van der Waals surface area contributed by atoms with Crippen LogP contribution in [0.1, 0.15) is 0 Å². The third-order valence-corrected chi connectivity index (χ3v) is 2.86. The van der Waals surface area contributed by atoms with E-state index in [1.165, 1.54) is 0 Å². The molecule has 0 aliphatic heterocycles. The minimum absolute atomic E-state index is 0.645. The SMILES string of the molecule is COc1ccc(Br)cc1-n1cc[nH]c1=S. The normalized spacial score (nSPS) is 10.3. The molecule has 0 saturated carbocycles. The summed E-state index contributed by atoms with van der Waals surface area (Å²) in [7, 11) is 1.64. The smallest absolute Gasteiger partial charge is 0.181 e. The minimum atomic E-state index is 0.645. The van der Waals surface area contributed by atoms with Crippen LogP contribution in [0.25, 0.3) is 5.69 Å². The van der Waals surface area contributed by atoms with Gasteiger partial charge >= 0.3 is 0 Å². The largest absolute Gasteiger partial charge is 0.495 e. The van der Waals surface area contributed by atoms with E-state index in [1.54, 1.807) is 13.3 Å². The second-order valence-corrected chi connectivity index (χ2v) is 4.25. The minimum Gasteiger partial charge on any atom is -0.495 e. The van der Waals surface area contributed by atoms with E-state index in [2.05, 4.69) is 20.9 Å². The molecule has 1 N–H and O–H groups in total. The van der Waals surface area contributed by atoms with Crippen LogP contribution in [0.4, 0.5) is 0 Å². The molecule has 15 heavy (non-hydrogen) atoms. The van der Waals surface area contributed by atoms with Gasteiger partial charge in [0.25, 0.3) is 0 Å². The van der Waals surface area contributed by atoms with Crippen LogP contribution in [0.5, 0.6) is 5.75 Å². The number of hydrogen-bond acceptors (Lipinski definition) is 2. The molecule has 0 fully saturated rings. The molecule has 0 atom stereocenters. The number of aromatic nitrogens is 2. The molecule has 0 saturated heterocycles. The number of rotatable bonds is 2. The molecule has 1 aromatic carbocycles. The number of halogens is 1. The predicted molar refractivity (Wildman–Crippen MR) is 65.2 cm³/mol. The molecule has 1 heterocycles. The van der Waals surface area contributed by atoms with Crippen LogP contribution < -0.4 is 4.74 Å². The Hall–Kier alpha value is -1.07. The van der Waals surface area contributed by atoms with Crippen molar-refractivity contribution < 1.29 is 4.74 Å². The summed E-state index contributed by atoms with van der Waals surface area (Å²) in [4.78, 5) is 2.94. The summed E-state index contributed by atoms with van der Waals surface area (Å²) in [6, 6.07) is 5.79. The lowest BCUT2D eigenvalue weighted by molar-refractivity contribution is 0.412. The Morgan fingerprint density at radius 3 is 2.87 bits per heavy atom. The van der Waals surface area contributed by atoms with E-state index < -0.39 is 0 Å². The first-order chi connectivity index (χ1) is 7.22. The fourth-order valence-electron chi connectivity index (χ4n) is 1.36. The van der Waals surface area contributed by atoms with Crippen LogP contribution in [0.15, 0.2) is 35.1 Å². The monoisotopic (exact) mass is 284 g/mol. The average Bonchev–Trinajstić information content (AvgIpc) is 2.64. The zero-order valence-corrected chi connectivity index (χ0v) is 10.4. The number of H-pyrrole nitrogens is 1. The maximum atomic E-state index is 5.28. The predicted octanol–water partition coefficient (Wildman–Crippen LogP) is 3.31. The van der Waals surface area contributed by atoms with Crippen molar-refractivity contribution in [2.45, 2.75) is 0 Å². The van der Waals surface area contributed by atoms with Crippen molar-refractivity contribution in [2.24, 2.45) is 0 Å². The van der Waals surface area contributed by atoms with Crippen LogP contribution in [-0.4, -0.2) is 16.7 Å². The van der Waals surface area contributed by atoms with Crippen molar-refractivity contribution in [3.63, 3.8) is 0 Å². The maximum Gasteiger partial charge on any atom is 0.181 e. The van der Waals surface area contributed by atoms with Gasteiger partial charge in [0.1, 0.15) is 5.75 Å². The molecule has 78 valence electrons. The molecule has 5 heteroatoms. The number of methoxy groups -OCH3 is 1. The van der Waals surface area contributed by atoms with E-state index in [-0.39, 0.29) is 0 Å². The van der Waals surface area contributed by atoms with Gasteiger partial charge in [0, 0.05) is 16.9 Å². The summed E-state index contributed by atoms with van der Waals surface area (Å²) >= 11 is 8.58. The van der Waals surface area contributed by atoms with Gasteiger partial charge in [0.15, 0.2) is 4.77 Å². The molecule has 0 amide bonds. The van der Waals surface area contributed by atoms with Gasteiger partial charge in [-0.1, -0.05) is 15.9 Å². The molecule has 0 radical (unpaired) electrons. The van der Waals surface area contributed by atoms with Crippen molar-refractivity contribution in [3.8, 4) is 11.4 Å². The summed E-state index contributed by atoms with van der Waals surface area (Å²) in [5.74, 6) is 0.786. The highest BCUT2D eigenvalue weighted by atomic mass is 79.9. The molecule has 2 aromatic rings. The molecule has 0 aliphatic carbocycles. The summed E-state index contributed by atoms with van der Waals surface area (Å²) in [5, 5.41) is 0. The second-order valence-electron chi connectivity index (χ2n) is 2.95. The Balaban J connectivity index is 2.66. The first-order valence-corrected chi connectivity index (χ1v) is 5.52. The number of nitrogens with one attached hydrogen (secondary N) is 1. The number of hydrogen-bond donors (Lipinski definition) is 1. The third-order valence-electron chi connectivity index (χ3n) is 2.05. The van der Waals surface area contributed by atoms with Gasteiger partial charge in [-0.05, 0) is 30.4 Å². The molecule has 0 aliphatic rings. The zero-order valence-electron chi connectivity index (χ0n) is 8.03. The first kappa shape index (κ1) is 10.4. The van der Waals surface area contributed by atoms with Crippen molar-refractivity contribution in [3.05, 3.63) is 39.8 Å². The van der Waals surface area contributed by atoms with Gasteiger partial charge in [0.05, 0.1) is 12.8 Å². The molecular formula is C10H9BrN2OS. The van der Waals surface area contributed by atoms with Crippen LogP contribution >= 0.6 is 28.1 Å². The van der Waals surface area contributed by atoms with Gasteiger partial charge in [-0.25, -0.2) is 0 Å². The van der Waals surface area contributed by atoms with Gasteiger partial charge in [-0.3, -0.25) is 4.57 Å². The van der Waals surface area contributed by atoms with Gasteiger partial charge in [-0.2, -0.15) is 0 Å². The Bertz CT molecular complexity index is 532. The molecule has 2 rings (SSSR count). The number of aromatic amines is 1. The van der Waals surface area contributed by atoms with Gasteiger partial charge in [-0.15, -0.1) is 0 Å². The first-order valence-electron chi connectivity index (χ1n) is 4.32. The zero-order chi connectivity index (χ0) is 10.8. The molecular weight excluding hydrogens is 276 g/mol. The van der Waals surface area contributed by atoms with Crippen LogP contribution in [0.2, 0.25) is 0 Å². The van der Waals surface area contributed by atoms with Crippen LogP contribution in [0, 0.1) is 4.77 Å².